The molecule has 0 unspecified atom stereocenters. The van der Waals surface area contributed by atoms with E-state index in [-0.39, 0.29) is 10.7 Å². The van der Waals surface area contributed by atoms with Crippen molar-refractivity contribution in [1.82, 2.24) is 4.72 Å². The van der Waals surface area contributed by atoms with Crippen LogP contribution in [0.1, 0.15) is 45.4 Å². The van der Waals surface area contributed by atoms with E-state index in [4.69, 9.17) is 0 Å². The molecule has 0 bridgehead atoms. The number of halogens is 1. The van der Waals surface area contributed by atoms with Crippen LogP contribution in [0.5, 0.6) is 0 Å². The summed E-state index contributed by atoms with van der Waals surface area (Å²) in [5, 5.41) is 0. The van der Waals surface area contributed by atoms with Gasteiger partial charge in [-0.05, 0) is 25.7 Å². The molecule has 0 aromatic rings. The van der Waals surface area contributed by atoms with Crippen molar-refractivity contribution in [2.24, 2.45) is 5.92 Å². The third-order valence-electron chi connectivity index (χ3n) is 3.12. The Labute approximate surface area is 101 Å². The van der Waals surface area contributed by atoms with Crippen molar-refractivity contribution < 1.29 is 8.42 Å². The highest BCUT2D eigenvalue weighted by atomic mass is 79.9. The average molecular weight is 298 g/mol. The fourth-order valence-corrected chi connectivity index (χ4v) is 3.44. The lowest BCUT2D eigenvalue weighted by atomic mass is 9.94. The quantitative estimate of drug-likeness (QED) is 0.640. The van der Waals surface area contributed by atoms with E-state index in [1.165, 1.54) is 25.7 Å². The summed E-state index contributed by atoms with van der Waals surface area (Å²) in [7, 11) is -3.11. The standard InChI is InChI=1S/C10H20BrNO2S/c1-9(12-15(13,14)8-11)10-6-4-2-3-5-7-10/h9-10,12H,2-8H2,1H3/t9-/m0/s1. The Balaban J connectivity index is 2.47. The zero-order chi connectivity index (χ0) is 11.3. The Morgan fingerprint density at radius 2 is 1.80 bits per heavy atom. The van der Waals surface area contributed by atoms with Crippen LogP contribution in [0.25, 0.3) is 0 Å². The van der Waals surface area contributed by atoms with E-state index in [2.05, 4.69) is 20.7 Å². The van der Waals surface area contributed by atoms with Gasteiger partial charge in [0.2, 0.25) is 10.0 Å². The van der Waals surface area contributed by atoms with Crippen LogP contribution in [-0.4, -0.2) is 19.1 Å². The van der Waals surface area contributed by atoms with Gasteiger partial charge in [0.25, 0.3) is 0 Å². The summed E-state index contributed by atoms with van der Waals surface area (Å²) in [6.45, 7) is 1.98. The zero-order valence-corrected chi connectivity index (χ0v) is 11.6. The van der Waals surface area contributed by atoms with Crippen molar-refractivity contribution >= 4 is 26.0 Å². The first-order valence-electron chi connectivity index (χ1n) is 5.61. The lowest BCUT2D eigenvalue weighted by Gasteiger charge is -2.22. The third-order valence-corrected chi connectivity index (χ3v) is 5.94. The van der Waals surface area contributed by atoms with Crippen LogP contribution in [0, 0.1) is 5.92 Å². The van der Waals surface area contributed by atoms with Gasteiger partial charge in [-0.1, -0.05) is 41.6 Å². The Kier molecular flexibility index (Phi) is 5.57. The molecule has 0 saturated heterocycles. The summed E-state index contributed by atoms with van der Waals surface area (Å²) in [6, 6.07) is 0.0747. The number of hydrogen-bond donors (Lipinski definition) is 1. The minimum Gasteiger partial charge on any atom is -0.212 e. The predicted molar refractivity (Wildman–Crippen MR) is 66.5 cm³/mol. The number of rotatable bonds is 4. The van der Waals surface area contributed by atoms with Gasteiger partial charge < -0.3 is 0 Å². The molecule has 0 aliphatic heterocycles. The summed E-state index contributed by atoms with van der Waals surface area (Å²) >= 11 is 2.99. The number of nitrogens with one attached hydrogen (secondary N) is 1. The summed E-state index contributed by atoms with van der Waals surface area (Å²) in [4.78, 5) is 0. The molecule has 0 heterocycles. The molecule has 1 atom stereocenters. The fraction of sp³-hybridized carbons (Fsp3) is 1.00. The van der Waals surface area contributed by atoms with Crippen LogP contribution in [0.4, 0.5) is 0 Å². The second-order valence-corrected chi connectivity index (χ2v) is 7.44. The highest BCUT2D eigenvalue weighted by Gasteiger charge is 2.22. The molecular weight excluding hydrogens is 278 g/mol. The van der Waals surface area contributed by atoms with Crippen LogP contribution < -0.4 is 4.72 Å². The molecule has 0 aromatic heterocycles. The minimum absolute atomic E-state index is 0.00292. The normalized spacial score (nSPS) is 22.3. The predicted octanol–water partition coefficient (Wildman–Crippen LogP) is 2.62. The van der Waals surface area contributed by atoms with Gasteiger partial charge in [0.1, 0.15) is 4.66 Å². The van der Waals surface area contributed by atoms with Gasteiger partial charge in [0.15, 0.2) is 0 Å². The number of alkyl halides is 1. The van der Waals surface area contributed by atoms with E-state index in [9.17, 15) is 8.42 Å². The first-order valence-corrected chi connectivity index (χ1v) is 8.38. The summed E-state index contributed by atoms with van der Waals surface area (Å²) in [5.74, 6) is 0.515. The fourth-order valence-electron chi connectivity index (χ4n) is 2.22. The SMILES string of the molecule is C[C@H](NS(=O)(=O)CBr)C1CCCCCC1. The van der Waals surface area contributed by atoms with Crippen molar-refractivity contribution in [3.63, 3.8) is 0 Å². The lowest BCUT2D eigenvalue weighted by Crippen LogP contribution is -2.38. The van der Waals surface area contributed by atoms with Gasteiger partial charge in [0, 0.05) is 6.04 Å². The molecule has 90 valence electrons. The second kappa shape index (κ2) is 6.21. The van der Waals surface area contributed by atoms with E-state index in [1.54, 1.807) is 0 Å². The Morgan fingerprint density at radius 1 is 1.27 bits per heavy atom. The zero-order valence-electron chi connectivity index (χ0n) is 9.21. The molecule has 1 aliphatic carbocycles. The highest BCUT2D eigenvalue weighted by Crippen LogP contribution is 2.25. The van der Waals surface area contributed by atoms with E-state index >= 15 is 0 Å². The van der Waals surface area contributed by atoms with Crippen LogP contribution in [0.15, 0.2) is 0 Å². The monoisotopic (exact) mass is 297 g/mol. The van der Waals surface area contributed by atoms with E-state index in [0.717, 1.165) is 12.8 Å². The maximum atomic E-state index is 11.4. The molecule has 0 amide bonds. The van der Waals surface area contributed by atoms with Crippen LogP contribution in [0.2, 0.25) is 0 Å². The summed E-state index contributed by atoms with van der Waals surface area (Å²) in [6.07, 6.45) is 7.40. The maximum Gasteiger partial charge on any atom is 0.221 e. The van der Waals surface area contributed by atoms with E-state index in [1.807, 2.05) is 6.92 Å². The lowest BCUT2D eigenvalue weighted by molar-refractivity contribution is 0.371. The smallest absolute Gasteiger partial charge is 0.212 e. The van der Waals surface area contributed by atoms with Gasteiger partial charge in [-0.2, -0.15) is 0 Å². The van der Waals surface area contributed by atoms with Gasteiger partial charge in [-0.25, -0.2) is 13.1 Å². The van der Waals surface area contributed by atoms with Crippen LogP contribution in [-0.2, 0) is 10.0 Å². The van der Waals surface area contributed by atoms with Crippen molar-refractivity contribution in [2.75, 3.05) is 4.66 Å². The van der Waals surface area contributed by atoms with Gasteiger partial charge in [0.05, 0.1) is 0 Å². The van der Waals surface area contributed by atoms with E-state index < -0.39 is 10.0 Å². The summed E-state index contributed by atoms with van der Waals surface area (Å²) in [5.41, 5.74) is 0. The first-order chi connectivity index (χ1) is 7.05. The van der Waals surface area contributed by atoms with Gasteiger partial charge in [-0.3, -0.25) is 0 Å². The average Bonchev–Trinajstić information content (AvgIpc) is 2.45. The van der Waals surface area contributed by atoms with Gasteiger partial charge >= 0.3 is 0 Å². The van der Waals surface area contributed by atoms with Crippen molar-refractivity contribution in [2.45, 2.75) is 51.5 Å². The van der Waals surface area contributed by atoms with Crippen LogP contribution >= 0.6 is 15.9 Å². The first kappa shape index (κ1) is 13.5. The largest absolute Gasteiger partial charge is 0.221 e. The molecule has 0 aromatic carbocycles. The molecule has 3 nitrogen and oxygen atoms in total. The molecule has 1 N–H and O–H groups in total. The molecule has 0 spiro atoms. The van der Waals surface area contributed by atoms with Crippen molar-refractivity contribution in [3.05, 3.63) is 0 Å². The molecule has 15 heavy (non-hydrogen) atoms. The number of sulfonamides is 1. The van der Waals surface area contributed by atoms with Crippen LogP contribution in [0.3, 0.4) is 0 Å². The maximum absolute atomic E-state index is 11.4. The molecule has 0 radical (unpaired) electrons. The number of hydrogen-bond acceptors (Lipinski definition) is 2. The Morgan fingerprint density at radius 3 is 2.27 bits per heavy atom. The Bertz CT molecular complexity index is 271. The molecule has 1 fully saturated rings. The molecule has 1 aliphatic rings. The minimum atomic E-state index is -3.11. The van der Waals surface area contributed by atoms with Crippen molar-refractivity contribution in [3.8, 4) is 0 Å². The highest BCUT2D eigenvalue weighted by molar-refractivity contribution is 9.10. The van der Waals surface area contributed by atoms with E-state index in [0.29, 0.717) is 5.92 Å². The van der Waals surface area contributed by atoms with Crippen molar-refractivity contribution in [1.29, 1.82) is 0 Å². The van der Waals surface area contributed by atoms with Gasteiger partial charge in [-0.15, -0.1) is 0 Å². The molecular formula is C10H20BrNO2S. The topological polar surface area (TPSA) is 46.2 Å². The molecule has 5 heteroatoms. The second-order valence-electron chi connectivity index (χ2n) is 4.38. The third kappa shape index (κ3) is 4.83. The molecule has 1 rings (SSSR count). The Hall–Kier alpha value is 0.390. The molecule has 1 saturated carbocycles. The summed E-state index contributed by atoms with van der Waals surface area (Å²) < 4.78 is 25.5.